The Balaban J connectivity index is 1.74. The molecule has 2 aromatic carbocycles. The van der Waals surface area contributed by atoms with Crippen LogP contribution in [0.1, 0.15) is 29.3 Å². The molecule has 0 unspecified atom stereocenters. The van der Waals surface area contributed by atoms with Crippen LogP contribution in [0.2, 0.25) is 5.02 Å². The fourth-order valence-electron chi connectivity index (χ4n) is 2.99. The van der Waals surface area contributed by atoms with Gasteiger partial charge in [0.15, 0.2) is 0 Å². The zero-order chi connectivity index (χ0) is 18.7. The summed E-state index contributed by atoms with van der Waals surface area (Å²) in [5, 5.41) is 0.630. The van der Waals surface area contributed by atoms with Crippen LogP contribution >= 0.6 is 11.6 Å². The minimum absolute atomic E-state index is 0.168. The van der Waals surface area contributed by atoms with E-state index in [0.717, 1.165) is 5.56 Å². The van der Waals surface area contributed by atoms with E-state index in [4.69, 9.17) is 16.3 Å². The van der Waals surface area contributed by atoms with Gasteiger partial charge in [0, 0.05) is 11.4 Å². The van der Waals surface area contributed by atoms with E-state index in [1.165, 1.54) is 4.90 Å². The first-order chi connectivity index (χ1) is 12.5. The molecule has 1 atom stereocenters. The molecule has 0 spiro atoms. The van der Waals surface area contributed by atoms with Gasteiger partial charge in [0.2, 0.25) is 11.8 Å². The van der Waals surface area contributed by atoms with Crippen LogP contribution in [0.3, 0.4) is 0 Å². The van der Waals surface area contributed by atoms with Crippen molar-refractivity contribution in [3.05, 3.63) is 64.7 Å². The molecule has 1 saturated heterocycles. The van der Waals surface area contributed by atoms with Gasteiger partial charge in [0.25, 0.3) is 0 Å². The zero-order valence-corrected chi connectivity index (χ0v) is 15.0. The SMILES string of the molecule is CCOC(=O)c1ccc(N2C(=O)C[C@H](Cc3ccc(Cl)cc3)C2=O)cc1. The Bertz CT molecular complexity index is 830. The van der Waals surface area contributed by atoms with E-state index in [2.05, 4.69) is 0 Å². The van der Waals surface area contributed by atoms with Crippen molar-refractivity contribution in [1.29, 1.82) is 0 Å². The number of imide groups is 1. The Kier molecular flexibility index (Phi) is 5.38. The number of carbonyl (C=O) groups is 3. The summed E-state index contributed by atoms with van der Waals surface area (Å²) in [6.45, 7) is 2.02. The standard InChI is InChI=1S/C20H18ClNO4/c1-2-26-20(25)14-5-9-17(10-6-14)22-18(23)12-15(19(22)24)11-13-3-7-16(21)8-4-13/h3-10,15H,2,11-12H2,1H3/t15-/m0/s1. The fourth-order valence-corrected chi connectivity index (χ4v) is 3.12. The van der Waals surface area contributed by atoms with Crippen molar-refractivity contribution in [2.24, 2.45) is 5.92 Å². The highest BCUT2D eigenvalue weighted by atomic mass is 35.5. The molecule has 0 saturated carbocycles. The zero-order valence-electron chi connectivity index (χ0n) is 14.3. The summed E-state index contributed by atoms with van der Waals surface area (Å²) in [7, 11) is 0. The van der Waals surface area contributed by atoms with Crippen molar-refractivity contribution in [3.8, 4) is 0 Å². The number of amides is 2. The molecule has 0 radical (unpaired) electrons. The molecule has 0 aromatic heterocycles. The highest BCUT2D eigenvalue weighted by molar-refractivity contribution is 6.30. The maximum atomic E-state index is 12.7. The van der Waals surface area contributed by atoms with Crippen LogP contribution in [-0.4, -0.2) is 24.4 Å². The van der Waals surface area contributed by atoms with Gasteiger partial charge in [-0.05, 0) is 55.3 Å². The number of ether oxygens (including phenoxy) is 1. The lowest BCUT2D eigenvalue weighted by Crippen LogP contribution is -2.30. The maximum absolute atomic E-state index is 12.7. The fraction of sp³-hybridized carbons (Fsp3) is 0.250. The molecule has 1 fully saturated rings. The molecule has 1 aliphatic heterocycles. The summed E-state index contributed by atoms with van der Waals surface area (Å²) in [5.74, 6) is -1.29. The number of rotatable bonds is 5. The second-order valence-corrected chi connectivity index (χ2v) is 6.50. The van der Waals surface area contributed by atoms with Crippen molar-refractivity contribution in [1.82, 2.24) is 0 Å². The lowest BCUT2D eigenvalue weighted by atomic mass is 9.98. The van der Waals surface area contributed by atoms with Gasteiger partial charge in [0.05, 0.1) is 23.8 Å². The number of hydrogen-bond donors (Lipinski definition) is 0. The van der Waals surface area contributed by atoms with Gasteiger partial charge in [-0.1, -0.05) is 23.7 Å². The van der Waals surface area contributed by atoms with Gasteiger partial charge in [-0.25, -0.2) is 4.79 Å². The monoisotopic (exact) mass is 371 g/mol. The van der Waals surface area contributed by atoms with Gasteiger partial charge in [-0.15, -0.1) is 0 Å². The number of halogens is 1. The lowest BCUT2D eigenvalue weighted by Gasteiger charge is -2.15. The predicted octanol–water partition coefficient (Wildman–Crippen LogP) is 3.64. The molecule has 2 aromatic rings. The quantitative estimate of drug-likeness (QED) is 0.594. The Morgan fingerprint density at radius 3 is 2.38 bits per heavy atom. The molecule has 134 valence electrons. The Morgan fingerprint density at radius 1 is 1.12 bits per heavy atom. The third-order valence-electron chi connectivity index (χ3n) is 4.27. The second kappa shape index (κ2) is 7.70. The predicted molar refractivity (Wildman–Crippen MR) is 98.2 cm³/mol. The average molecular weight is 372 g/mol. The molecule has 0 N–H and O–H groups in total. The van der Waals surface area contributed by atoms with Crippen molar-refractivity contribution >= 4 is 35.1 Å². The minimum atomic E-state index is -0.432. The molecule has 26 heavy (non-hydrogen) atoms. The third kappa shape index (κ3) is 3.78. The van der Waals surface area contributed by atoms with Crippen molar-refractivity contribution in [2.75, 3.05) is 11.5 Å². The summed E-state index contributed by atoms with van der Waals surface area (Å²) in [4.78, 5) is 37.9. The second-order valence-electron chi connectivity index (χ2n) is 6.07. The summed E-state index contributed by atoms with van der Waals surface area (Å²) >= 11 is 5.88. The van der Waals surface area contributed by atoms with E-state index in [1.54, 1.807) is 43.3 Å². The van der Waals surface area contributed by atoms with E-state index >= 15 is 0 Å². The number of benzene rings is 2. The highest BCUT2D eigenvalue weighted by Gasteiger charge is 2.39. The third-order valence-corrected chi connectivity index (χ3v) is 4.52. The van der Waals surface area contributed by atoms with Crippen LogP contribution in [0.25, 0.3) is 0 Å². The van der Waals surface area contributed by atoms with E-state index in [1.807, 2.05) is 12.1 Å². The summed E-state index contributed by atoms with van der Waals surface area (Å²) in [5.41, 5.74) is 1.80. The molecule has 5 nitrogen and oxygen atoms in total. The molecular weight excluding hydrogens is 354 g/mol. The molecule has 2 amide bonds. The number of carbonyl (C=O) groups excluding carboxylic acids is 3. The van der Waals surface area contributed by atoms with Crippen LogP contribution in [-0.2, 0) is 20.7 Å². The lowest BCUT2D eigenvalue weighted by molar-refractivity contribution is -0.122. The van der Waals surface area contributed by atoms with E-state index < -0.39 is 11.9 Å². The van der Waals surface area contributed by atoms with Crippen LogP contribution in [0.4, 0.5) is 5.69 Å². The van der Waals surface area contributed by atoms with Gasteiger partial charge in [0.1, 0.15) is 0 Å². The molecular formula is C20H18ClNO4. The number of hydrogen-bond acceptors (Lipinski definition) is 4. The van der Waals surface area contributed by atoms with Gasteiger partial charge < -0.3 is 4.74 Å². The molecule has 6 heteroatoms. The number of nitrogens with zero attached hydrogens (tertiary/aromatic N) is 1. The molecule has 1 aliphatic rings. The van der Waals surface area contributed by atoms with Crippen LogP contribution < -0.4 is 4.90 Å². The minimum Gasteiger partial charge on any atom is -0.462 e. The van der Waals surface area contributed by atoms with Crippen LogP contribution in [0, 0.1) is 5.92 Å². The number of anilines is 1. The van der Waals surface area contributed by atoms with Crippen molar-refractivity contribution < 1.29 is 19.1 Å². The van der Waals surface area contributed by atoms with Gasteiger partial charge in [-0.3, -0.25) is 14.5 Å². The van der Waals surface area contributed by atoms with Crippen LogP contribution in [0.5, 0.6) is 0 Å². The first-order valence-electron chi connectivity index (χ1n) is 8.38. The normalized spacial score (nSPS) is 16.8. The average Bonchev–Trinajstić information content (AvgIpc) is 2.91. The molecule has 0 aliphatic carbocycles. The van der Waals surface area contributed by atoms with Crippen molar-refractivity contribution in [2.45, 2.75) is 19.8 Å². The smallest absolute Gasteiger partial charge is 0.338 e. The highest BCUT2D eigenvalue weighted by Crippen LogP contribution is 2.29. The summed E-state index contributed by atoms with van der Waals surface area (Å²) in [6, 6.07) is 13.5. The van der Waals surface area contributed by atoms with E-state index in [-0.39, 0.29) is 24.8 Å². The summed E-state index contributed by atoms with van der Waals surface area (Å²) in [6.07, 6.45) is 0.653. The Morgan fingerprint density at radius 2 is 1.77 bits per heavy atom. The van der Waals surface area contributed by atoms with E-state index in [0.29, 0.717) is 22.7 Å². The Labute approximate surface area is 156 Å². The molecule has 0 bridgehead atoms. The molecule has 3 rings (SSSR count). The first-order valence-corrected chi connectivity index (χ1v) is 8.76. The summed E-state index contributed by atoms with van der Waals surface area (Å²) < 4.78 is 4.93. The van der Waals surface area contributed by atoms with Crippen LogP contribution in [0.15, 0.2) is 48.5 Å². The van der Waals surface area contributed by atoms with Gasteiger partial charge in [-0.2, -0.15) is 0 Å². The first kappa shape index (κ1) is 18.1. The van der Waals surface area contributed by atoms with Gasteiger partial charge >= 0.3 is 5.97 Å². The molecule has 1 heterocycles. The van der Waals surface area contributed by atoms with E-state index in [9.17, 15) is 14.4 Å². The number of esters is 1. The largest absolute Gasteiger partial charge is 0.462 e. The van der Waals surface area contributed by atoms with Crippen molar-refractivity contribution in [3.63, 3.8) is 0 Å². The maximum Gasteiger partial charge on any atom is 0.338 e. The topological polar surface area (TPSA) is 63.7 Å². The Hall–Kier alpha value is -2.66.